The van der Waals surface area contributed by atoms with Crippen LogP contribution >= 0.6 is 0 Å². The Morgan fingerprint density at radius 2 is 1.90 bits per heavy atom. The van der Waals surface area contributed by atoms with E-state index in [1.807, 2.05) is 12.1 Å². The number of hydrogen-bond acceptors (Lipinski definition) is 5. The standard InChI is InChI=1S/C15H16N2O4/c1-21-15-7-6-13(17(19)20)8-12(15)10-16-9-11-4-2-3-5-14(11)18/h2-8,16,18H,9-10H2,1H3. The molecule has 110 valence electrons. The van der Waals surface area contributed by atoms with Gasteiger partial charge in [-0.25, -0.2) is 0 Å². The molecule has 0 aliphatic carbocycles. The Kier molecular flexibility index (Phi) is 4.73. The van der Waals surface area contributed by atoms with Gasteiger partial charge in [0, 0.05) is 36.3 Å². The van der Waals surface area contributed by atoms with Gasteiger partial charge >= 0.3 is 0 Å². The zero-order valence-corrected chi connectivity index (χ0v) is 11.6. The van der Waals surface area contributed by atoms with Crippen molar-refractivity contribution >= 4 is 5.69 Å². The second-order valence-corrected chi connectivity index (χ2v) is 4.49. The first-order valence-electron chi connectivity index (χ1n) is 6.40. The van der Waals surface area contributed by atoms with E-state index < -0.39 is 4.92 Å². The lowest BCUT2D eigenvalue weighted by atomic mass is 10.1. The van der Waals surface area contributed by atoms with E-state index in [2.05, 4.69) is 5.32 Å². The molecule has 0 heterocycles. The third-order valence-corrected chi connectivity index (χ3v) is 3.10. The van der Waals surface area contributed by atoms with Crippen LogP contribution in [0.4, 0.5) is 5.69 Å². The van der Waals surface area contributed by atoms with Gasteiger partial charge in [-0.1, -0.05) is 18.2 Å². The number of nitro groups is 1. The summed E-state index contributed by atoms with van der Waals surface area (Å²) in [5.41, 5.74) is 1.49. The van der Waals surface area contributed by atoms with Crippen LogP contribution in [0.2, 0.25) is 0 Å². The summed E-state index contributed by atoms with van der Waals surface area (Å²) in [7, 11) is 1.52. The number of nitrogens with zero attached hydrogens (tertiary/aromatic N) is 1. The largest absolute Gasteiger partial charge is 0.508 e. The van der Waals surface area contributed by atoms with Gasteiger partial charge in [-0.05, 0) is 12.1 Å². The molecule has 0 aromatic heterocycles. The molecule has 0 amide bonds. The number of phenols is 1. The summed E-state index contributed by atoms with van der Waals surface area (Å²) in [6, 6.07) is 11.5. The summed E-state index contributed by atoms with van der Waals surface area (Å²) in [6.45, 7) is 0.859. The molecule has 2 aromatic carbocycles. The highest BCUT2D eigenvalue weighted by Crippen LogP contribution is 2.24. The van der Waals surface area contributed by atoms with Crippen LogP contribution in [0.25, 0.3) is 0 Å². The van der Waals surface area contributed by atoms with Gasteiger partial charge in [0.05, 0.1) is 12.0 Å². The van der Waals surface area contributed by atoms with Crippen LogP contribution in [0.1, 0.15) is 11.1 Å². The first kappa shape index (κ1) is 14.8. The smallest absolute Gasteiger partial charge is 0.270 e. The fraction of sp³-hybridized carbons (Fsp3) is 0.200. The highest BCUT2D eigenvalue weighted by molar-refractivity contribution is 5.43. The van der Waals surface area contributed by atoms with Gasteiger partial charge in [-0.15, -0.1) is 0 Å². The molecule has 0 saturated heterocycles. The second-order valence-electron chi connectivity index (χ2n) is 4.49. The maximum atomic E-state index is 10.8. The third-order valence-electron chi connectivity index (χ3n) is 3.10. The van der Waals surface area contributed by atoms with Crippen LogP contribution in [0.15, 0.2) is 42.5 Å². The Bertz CT molecular complexity index is 643. The molecule has 0 spiro atoms. The lowest BCUT2D eigenvalue weighted by molar-refractivity contribution is -0.384. The Hall–Kier alpha value is -2.60. The van der Waals surface area contributed by atoms with Crippen molar-refractivity contribution in [2.75, 3.05) is 7.11 Å². The van der Waals surface area contributed by atoms with Crippen molar-refractivity contribution in [3.05, 3.63) is 63.7 Å². The average Bonchev–Trinajstić information content (AvgIpc) is 2.49. The Balaban J connectivity index is 2.07. The minimum atomic E-state index is -0.439. The van der Waals surface area contributed by atoms with Crippen molar-refractivity contribution in [3.63, 3.8) is 0 Å². The van der Waals surface area contributed by atoms with Crippen LogP contribution in [-0.2, 0) is 13.1 Å². The van der Waals surface area contributed by atoms with Gasteiger partial charge < -0.3 is 15.2 Å². The number of aromatic hydroxyl groups is 1. The molecule has 0 saturated carbocycles. The Morgan fingerprint density at radius 1 is 1.19 bits per heavy atom. The lowest BCUT2D eigenvalue weighted by Gasteiger charge is -2.10. The molecule has 21 heavy (non-hydrogen) atoms. The fourth-order valence-corrected chi connectivity index (χ4v) is 2.01. The molecule has 0 fully saturated rings. The van der Waals surface area contributed by atoms with Crippen molar-refractivity contribution < 1.29 is 14.8 Å². The zero-order chi connectivity index (χ0) is 15.2. The predicted molar refractivity (Wildman–Crippen MR) is 78.3 cm³/mol. The first-order chi connectivity index (χ1) is 10.1. The molecule has 2 N–H and O–H groups in total. The summed E-state index contributed by atoms with van der Waals surface area (Å²) in [5, 5.41) is 23.6. The molecule has 6 nitrogen and oxygen atoms in total. The van der Waals surface area contributed by atoms with E-state index in [0.29, 0.717) is 24.4 Å². The van der Waals surface area contributed by atoms with Gasteiger partial charge in [0.15, 0.2) is 0 Å². The van der Waals surface area contributed by atoms with Crippen LogP contribution in [-0.4, -0.2) is 17.1 Å². The molecule has 0 bridgehead atoms. The number of nitrogens with one attached hydrogen (secondary N) is 1. The number of ether oxygens (including phenoxy) is 1. The lowest BCUT2D eigenvalue weighted by Crippen LogP contribution is -2.13. The second kappa shape index (κ2) is 6.71. The minimum Gasteiger partial charge on any atom is -0.508 e. The van der Waals surface area contributed by atoms with Crippen molar-refractivity contribution in [2.24, 2.45) is 0 Å². The van der Waals surface area contributed by atoms with Crippen LogP contribution < -0.4 is 10.1 Å². The highest BCUT2D eigenvalue weighted by atomic mass is 16.6. The third kappa shape index (κ3) is 3.70. The molecule has 2 aromatic rings. The number of rotatable bonds is 6. The Labute approximate surface area is 122 Å². The maximum Gasteiger partial charge on any atom is 0.270 e. The summed E-state index contributed by atoms with van der Waals surface area (Å²) >= 11 is 0. The van der Waals surface area contributed by atoms with Crippen molar-refractivity contribution in [1.29, 1.82) is 0 Å². The zero-order valence-electron chi connectivity index (χ0n) is 11.6. The van der Waals surface area contributed by atoms with Gasteiger partial charge in [-0.3, -0.25) is 10.1 Å². The Morgan fingerprint density at radius 3 is 2.57 bits per heavy atom. The van der Waals surface area contributed by atoms with Crippen molar-refractivity contribution in [3.8, 4) is 11.5 Å². The number of methoxy groups -OCH3 is 1. The van der Waals surface area contributed by atoms with Gasteiger partial charge in [-0.2, -0.15) is 0 Å². The first-order valence-corrected chi connectivity index (χ1v) is 6.40. The van der Waals surface area contributed by atoms with Gasteiger partial charge in [0.25, 0.3) is 5.69 Å². The summed E-state index contributed by atoms with van der Waals surface area (Å²) in [4.78, 5) is 10.4. The molecule has 0 aliphatic rings. The highest BCUT2D eigenvalue weighted by Gasteiger charge is 2.11. The van der Waals surface area contributed by atoms with E-state index in [9.17, 15) is 15.2 Å². The number of non-ortho nitro benzene ring substituents is 1. The van der Waals surface area contributed by atoms with E-state index in [0.717, 1.165) is 5.56 Å². The molecular formula is C15H16N2O4. The summed E-state index contributed by atoms with van der Waals surface area (Å²) in [5.74, 6) is 0.807. The SMILES string of the molecule is COc1ccc([N+](=O)[O-])cc1CNCc1ccccc1O. The number of phenolic OH excluding ortho intramolecular Hbond substituents is 1. The van der Waals surface area contributed by atoms with Gasteiger partial charge in [0.1, 0.15) is 11.5 Å². The summed E-state index contributed by atoms with van der Waals surface area (Å²) in [6.07, 6.45) is 0. The normalized spacial score (nSPS) is 10.3. The minimum absolute atomic E-state index is 0.0233. The molecule has 0 aliphatic heterocycles. The van der Waals surface area contributed by atoms with Crippen molar-refractivity contribution in [1.82, 2.24) is 5.32 Å². The topological polar surface area (TPSA) is 84.6 Å². The molecule has 6 heteroatoms. The number of hydrogen-bond donors (Lipinski definition) is 2. The number of para-hydroxylation sites is 1. The molecule has 0 radical (unpaired) electrons. The van der Waals surface area contributed by atoms with Crippen LogP contribution in [0, 0.1) is 10.1 Å². The fourth-order valence-electron chi connectivity index (χ4n) is 2.01. The van der Waals surface area contributed by atoms with E-state index in [4.69, 9.17) is 4.74 Å². The van der Waals surface area contributed by atoms with Crippen LogP contribution in [0.5, 0.6) is 11.5 Å². The van der Waals surface area contributed by atoms with E-state index >= 15 is 0 Å². The summed E-state index contributed by atoms with van der Waals surface area (Å²) < 4.78 is 5.19. The van der Waals surface area contributed by atoms with E-state index in [1.54, 1.807) is 18.2 Å². The molecule has 2 rings (SSSR count). The van der Waals surface area contributed by atoms with Crippen LogP contribution in [0.3, 0.4) is 0 Å². The molecule has 0 unspecified atom stereocenters. The average molecular weight is 288 g/mol. The van der Waals surface area contributed by atoms with Gasteiger partial charge in [0.2, 0.25) is 0 Å². The predicted octanol–water partition coefficient (Wildman–Crippen LogP) is 2.60. The number of nitro benzene ring substituents is 1. The monoisotopic (exact) mass is 288 g/mol. The van der Waals surface area contributed by atoms with E-state index in [-0.39, 0.29) is 11.4 Å². The molecular weight excluding hydrogens is 272 g/mol. The quantitative estimate of drug-likeness (QED) is 0.630. The number of benzene rings is 2. The van der Waals surface area contributed by atoms with E-state index in [1.165, 1.54) is 19.2 Å². The maximum absolute atomic E-state index is 10.8. The molecule has 0 atom stereocenters. The van der Waals surface area contributed by atoms with Crippen molar-refractivity contribution in [2.45, 2.75) is 13.1 Å².